The van der Waals surface area contributed by atoms with Gasteiger partial charge >= 0.3 is 0 Å². The molecule has 0 aromatic carbocycles. The van der Waals surface area contributed by atoms with Crippen molar-refractivity contribution in [2.75, 3.05) is 0 Å². The molecule has 0 aliphatic carbocycles. The summed E-state index contributed by atoms with van der Waals surface area (Å²) in [4.78, 5) is 4.22. The van der Waals surface area contributed by atoms with Crippen molar-refractivity contribution in [3.05, 3.63) is 36.0 Å². The van der Waals surface area contributed by atoms with Crippen molar-refractivity contribution in [2.45, 2.75) is 0 Å². The van der Waals surface area contributed by atoms with Gasteiger partial charge in [0.2, 0.25) is 0 Å². The Balaban J connectivity index is 2.71. The molecule has 3 rings (SSSR count). The van der Waals surface area contributed by atoms with Crippen LogP contribution in [0.3, 0.4) is 0 Å². The number of imidazole rings is 1. The SMILES string of the molecule is c1cn2c(ccc3sccc32)n1. The predicted octanol–water partition coefficient (Wildman–Crippen LogP) is 2.55. The van der Waals surface area contributed by atoms with Crippen LogP contribution in [0.15, 0.2) is 36.0 Å². The molecule has 0 saturated carbocycles. The van der Waals surface area contributed by atoms with Gasteiger partial charge in [0.25, 0.3) is 0 Å². The zero-order valence-electron chi connectivity index (χ0n) is 6.27. The van der Waals surface area contributed by atoms with Crippen LogP contribution in [0.25, 0.3) is 15.9 Å². The monoisotopic (exact) mass is 174 g/mol. The Morgan fingerprint density at radius 1 is 1.25 bits per heavy atom. The fourth-order valence-corrected chi connectivity index (χ4v) is 2.21. The lowest BCUT2D eigenvalue weighted by Crippen LogP contribution is -1.81. The Bertz CT molecular complexity index is 486. The van der Waals surface area contributed by atoms with Crippen molar-refractivity contribution >= 4 is 27.2 Å². The van der Waals surface area contributed by atoms with E-state index in [1.54, 1.807) is 11.3 Å². The highest BCUT2D eigenvalue weighted by molar-refractivity contribution is 7.17. The molecular weight excluding hydrogens is 168 g/mol. The summed E-state index contributed by atoms with van der Waals surface area (Å²) in [6.07, 6.45) is 3.82. The second-order valence-electron chi connectivity index (χ2n) is 2.66. The summed E-state index contributed by atoms with van der Waals surface area (Å²) in [5.74, 6) is 0. The summed E-state index contributed by atoms with van der Waals surface area (Å²) >= 11 is 1.76. The molecule has 0 saturated heterocycles. The molecule has 3 aromatic rings. The lowest BCUT2D eigenvalue weighted by molar-refractivity contribution is 1.26. The van der Waals surface area contributed by atoms with Gasteiger partial charge < -0.3 is 0 Å². The van der Waals surface area contributed by atoms with Gasteiger partial charge in [-0.3, -0.25) is 4.40 Å². The van der Waals surface area contributed by atoms with Gasteiger partial charge in [0, 0.05) is 12.4 Å². The van der Waals surface area contributed by atoms with Gasteiger partial charge in [0.15, 0.2) is 0 Å². The molecule has 0 unspecified atom stereocenters. The third-order valence-corrected chi connectivity index (χ3v) is 2.86. The van der Waals surface area contributed by atoms with E-state index < -0.39 is 0 Å². The molecule has 0 atom stereocenters. The van der Waals surface area contributed by atoms with Gasteiger partial charge in [-0.2, -0.15) is 0 Å². The van der Waals surface area contributed by atoms with E-state index >= 15 is 0 Å². The van der Waals surface area contributed by atoms with Crippen LogP contribution in [0.2, 0.25) is 0 Å². The molecule has 0 N–H and O–H groups in total. The minimum atomic E-state index is 1.01. The fourth-order valence-electron chi connectivity index (χ4n) is 1.43. The van der Waals surface area contributed by atoms with E-state index in [1.165, 1.54) is 10.2 Å². The predicted molar refractivity (Wildman–Crippen MR) is 50.6 cm³/mol. The first kappa shape index (κ1) is 6.20. The van der Waals surface area contributed by atoms with Crippen LogP contribution < -0.4 is 0 Å². The molecule has 0 amide bonds. The van der Waals surface area contributed by atoms with Gasteiger partial charge in [-0.05, 0) is 23.6 Å². The number of thiophene rings is 1. The van der Waals surface area contributed by atoms with Crippen LogP contribution in [-0.4, -0.2) is 9.38 Å². The number of pyridine rings is 1. The zero-order chi connectivity index (χ0) is 7.97. The molecule has 0 radical (unpaired) electrons. The minimum Gasteiger partial charge on any atom is -0.299 e. The van der Waals surface area contributed by atoms with E-state index in [0.717, 1.165) is 5.65 Å². The minimum absolute atomic E-state index is 1.01. The quantitative estimate of drug-likeness (QED) is 0.512. The average Bonchev–Trinajstić information content (AvgIpc) is 2.71. The molecule has 0 aliphatic rings. The summed E-state index contributed by atoms with van der Waals surface area (Å²) in [6.45, 7) is 0. The number of aromatic nitrogens is 2. The maximum Gasteiger partial charge on any atom is 0.137 e. The van der Waals surface area contributed by atoms with Gasteiger partial charge in [-0.25, -0.2) is 4.98 Å². The Morgan fingerprint density at radius 3 is 3.25 bits per heavy atom. The molecule has 58 valence electrons. The van der Waals surface area contributed by atoms with Gasteiger partial charge in [-0.1, -0.05) is 0 Å². The Labute approximate surface area is 73.1 Å². The third kappa shape index (κ3) is 0.662. The van der Waals surface area contributed by atoms with Crippen molar-refractivity contribution in [3.8, 4) is 0 Å². The first-order chi connectivity index (χ1) is 5.95. The average molecular weight is 174 g/mol. The molecule has 3 heterocycles. The summed E-state index contributed by atoms with van der Waals surface area (Å²) in [6, 6.07) is 6.27. The highest BCUT2D eigenvalue weighted by atomic mass is 32.1. The van der Waals surface area contributed by atoms with E-state index in [2.05, 4.69) is 26.9 Å². The highest BCUT2D eigenvalue weighted by Gasteiger charge is 1.99. The van der Waals surface area contributed by atoms with Gasteiger partial charge in [0.05, 0.1) is 10.2 Å². The topological polar surface area (TPSA) is 17.3 Å². The first-order valence-corrected chi connectivity index (χ1v) is 4.62. The molecular formula is C9H6N2S. The summed E-state index contributed by atoms with van der Waals surface area (Å²) in [7, 11) is 0. The van der Waals surface area contributed by atoms with Crippen molar-refractivity contribution in [1.29, 1.82) is 0 Å². The van der Waals surface area contributed by atoms with E-state index in [0.29, 0.717) is 0 Å². The second-order valence-corrected chi connectivity index (χ2v) is 3.61. The molecule has 0 aliphatic heterocycles. The van der Waals surface area contributed by atoms with Gasteiger partial charge in [-0.15, -0.1) is 11.3 Å². The summed E-state index contributed by atoms with van der Waals surface area (Å²) in [5, 5.41) is 2.10. The maximum atomic E-state index is 4.22. The molecule has 0 fully saturated rings. The zero-order valence-corrected chi connectivity index (χ0v) is 7.08. The third-order valence-electron chi connectivity index (χ3n) is 1.99. The lowest BCUT2D eigenvalue weighted by atomic mass is 10.4. The summed E-state index contributed by atoms with van der Waals surface area (Å²) < 4.78 is 3.41. The molecule has 3 heteroatoms. The van der Waals surface area contributed by atoms with Crippen LogP contribution in [0, 0.1) is 0 Å². The van der Waals surface area contributed by atoms with E-state index in [1.807, 2.05) is 18.5 Å². The Hall–Kier alpha value is -1.35. The van der Waals surface area contributed by atoms with Gasteiger partial charge in [0.1, 0.15) is 5.65 Å². The van der Waals surface area contributed by atoms with Crippen molar-refractivity contribution < 1.29 is 0 Å². The van der Waals surface area contributed by atoms with Crippen molar-refractivity contribution in [1.82, 2.24) is 9.38 Å². The highest BCUT2D eigenvalue weighted by Crippen LogP contribution is 2.21. The van der Waals surface area contributed by atoms with E-state index in [4.69, 9.17) is 0 Å². The number of hydrogen-bond donors (Lipinski definition) is 0. The van der Waals surface area contributed by atoms with E-state index in [9.17, 15) is 0 Å². The van der Waals surface area contributed by atoms with Crippen molar-refractivity contribution in [2.24, 2.45) is 0 Å². The Kier molecular flexibility index (Phi) is 1.07. The normalized spacial score (nSPS) is 11.3. The lowest BCUT2D eigenvalue weighted by Gasteiger charge is -1.94. The smallest absolute Gasteiger partial charge is 0.137 e. The molecule has 0 bridgehead atoms. The van der Waals surface area contributed by atoms with Crippen LogP contribution in [0.5, 0.6) is 0 Å². The van der Waals surface area contributed by atoms with Crippen LogP contribution in [-0.2, 0) is 0 Å². The standard InChI is InChI=1S/C9H6N2S/c1-2-9-10-4-5-11(9)7-3-6-12-8(1)7/h1-6H. The van der Waals surface area contributed by atoms with Crippen LogP contribution in [0.4, 0.5) is 0 Å². The molecule has 3 aromatic heterocycles. The van der Waals surface area contributed by atoms with Crippen LogP contribution >= 0.6 is 11.3 Å². The fraction of sp³-hybridized carbons (Fsp3) is 0. The number of nitrogens with zero attached hydrogens (tertiary/aromatic N) is 2. The Morgan fingerprint density at radius 2 is 2.25 bits per heavy atom. The van der Waals surface area contributed by atoms with Crippen LogP contribution in [0.1, 0.15) is 0 Å². The second kappa shape index (κ2) is 2.08. The number of fused-ring (bicyclic) bond motifs is 3. The largest absolute Gasteiger partial charge is 0.299 e. The number of rotatable bonds is 0. The summed E-state index contributed by atoms with van der Waals surface area (Å²) in [5.41, 5.74) is 2.26. The maximum absolute atomic E-state index is 4.22. The molecule has 12 heavy (non-hydrogen) atoms. The molecule has 0 spiro atoms. The first-order valence-electron chi connectivity index (χ1n) is 3.74. The van der Waals surface area contributed by atoms with Crippen molar-refractivity contribution in [3.63, 3.8) is 0 Å². The molecule has 2 nitrogen and oxygen atoms in total. The van der Waals surface area contributed by atoms with E-state index in [-0.39, 0.29) is 0 Å². The number of hydrogen-bond acceptors (Lipinski definition) is 2.